The van der Waals surface area contributed by atoms with Gasteiger partial charge in [-0.2, -0.15) is 0 Å². The van der Waals surface area contributed by atoms with Crippen molar-refractivity contribution in [1.82, 2.24) is 4.57 Å². The maximum atomic E-state index is 2.52. The van der Waals surface area contributed by atoms with Crippen LogP contribution in [-0.2, 0) is 5.41 Å². The average molecular weight is 831 g/mol. The van der Waals surface area contributed by atoms with Gasteiger partial charge in [0.15, 0.2) is 0 Å². The third-order valence-electron chi connectivity index (χ3n) is 13.6. The molecule has 308 valence electrons. The lowest BCUT2D eigenvalue weighted by molar-refractivity contribution is 0.660. The normalized spacial score (nSPS) is 12.6. The molecular weight excluding hydrogens is 785 g/mol. The van der Waals surface area contributed by atoms with E-state index in [2.05, 4.69) is 266 Å². The number of hydrogen-bond acceptors (Lipinski definition) is 1. The molecule has 0 N–H and O–H groups in total. The molecule has 0 unspecified atom stereocenters. The molecular formula is C63H46N2. The Morgan fingerprint density at radius 2 is 0.785 bits per heavy atom. The molecule has 1 aliphatic rings. The molecule has 1 heterocycles. The fraction of sp³-hybridized carbons (Fsp3) is 0.0476. The van der Waals surface area contributed by atoms with E-state index in [1.165, 1.54) is 88.6 Å². The molecule has 11 aromatic rings. The average Bonchev–Trinajstić information content (AvgIpc) is 3.83. The van der Waals surface area contributed by atoms with Gasteiger partial charge in [-0.1, -0.05) is 208 Å². The van der Waals surface area contributed by atoms with Crippen LogP contribution in [0.15, 0.2) is 243 Å². The second-order valence-electron chi connectivity index (χ2n) is 17.6. The monoisotopic (exact) mass is 830 g/mol. The predicted octanol–water partition coefficient (Wildman–Crippen LogP) is 17.2. The molecule has 65 heavy (non-hydrogen) atoms. The number of aromatic nitrogens is 1. The SMILES string of the molecule is CC1(C)c2ccccc2-c2c(N(c3ccc(-c4ccc(-n5c6ccccc6c6ccccc65)cc4)cc3)c3cccc(-c4ccccc4)c3-c3ccccc3-c3ccccc3)cccc21. The largest absolute Gasteiger partial charge is 0.309 e. The number of para-hydroxylation sites is 2. The Kier molecular flexibility index (Phi) is 9.21. The van der Waals surface area contributed by atoms with E-state index in [0.29, 0.717) is 0 Å². The Morgan fingerprint density at radius 3 is 1.43 bits per heavy atom. The summed E-state index contributed by atoms with van der Waals surface area (Å²) in [4.78, 5) is 2.52. The Labute approximate surface area is 381 Å². The van der Waals surface area contributed by atoms with Crippen molar-refractivity contribution in [3.8, 4) is 61.3 Å². The Balaban J connectivity index is 1.05. The molecule has 1 aliphatic carbocycles. The minimum Gasteiger partial charge on any atom is -0.309 e. The summed E-state index contributed by atoms with van der Waals surface area (Å²) in [6, 6.07) is 88.9. The molecule has 1 aromatic heterocycles. The fourth-order valence-corrected chi connectivity index (χ4v) is 10.6. The van der Waals surface area contributed by atoms with Crippen LogP contribution in [-0.4, -0.2) is 4.57 Å². The van der Waals surface area contributed by atoms with Crippen LogP contribution < -0.4 is 4.90 Å². The highest BCUT2D eigenvalue weighted by atomic mass is 15.1. The first-order chi connectivity index (χ1) is 32.0. The van der Waals surface area contributed by atoms with Gasteiger partial charge in [-0.05, 0) is 104 Å². The summed E-state index contributed by atoms with van der Waals surface area (Å²) < 4.78 is 2.38. The first kappa shape index (κ1) is 38.5. The van der Waals surface area contributed by atoms with Gasteiger partial charge in [0.2, 0.25) is 0 Å². The summed E-state index contributed by atoms with van der Waals surface area (Å²) in [5.41, 5.74) is 21.5. The molecule has 0 fully saturated rings. The van der Waals surface area contributed by atoms with Crippen LogP contribution in [0.2, 0.25) is 0 Å². The standard InChI is InChI=1S/C63H46N2/c1-63(2)55-29-14-11-27-54(55)62-56(63)30-18-34-60(62)65(59-33-17-28-50(46-21-7-4-8-22-46)61(59)53-26-10-9-23-49(53)45-19-5-3-6-20-45)48-41-37-44(38-42-48)43-35-39-47(40-36-43)64-57-31-15-12-24-51(57)52-25-13-16-32-58(52)64/h3-42H,1-2H3. The van der Waals surface area contributed by atoms with Crippen molar-refractivity contribution in [2.45, 2.75) is 19.3 Å². The lowest BCUT2D eigenvalue weighted by atomic mass is 9.82. The zero-order valence-corrected chi connectivity index (χ0v) is 36.5. The summed E-state index contributed by atoms with van der Waals surface area (Å²) in [7, 11) is 0. The van der Waals surface area contributed by atoms with Crippen LogP contribution >= 0.6 is 0 Å². The topological polar surface area (TPSA) is 8.17 Å². The first-order valence-corrected chi connectivity index (χ1v) is 22.6. The van der Waals surface area contributed by atoms with E-state index in [1.807, 2.05) is 0 Å². The van der Waals surface area contributed by atoms with Gasteiger partial charge < -0.3 is 9.47 Å². The summed E-state index contributed by atoms with van der Waals surface area (Å²) in [6.45, 7) is 4.73. The molecule has 0 spiro atoms. The number of fused-ring (bicyclic) bond motifs is 6. The number of rotatable bonds is 8. The lowest BCUT2D eigenvalue weighted by Crippen LogP contribution is -2.16. The third kappa shape index (κ3) is 6.32. The molecule has 0 amide bonds. The Bertz CT molecular complexity index is 3490. The van der Waals surface area contributed by atoms with E-state index in [-0.39, 0.29) is 5.41 Å². The second-order valence-corrected chi connectivity index (χ2v) is 17.6. The van der Waals surface area contributed by atoms with Crippen LogP contribution in [0.4, 0.5) is 17.1 Å². The third-order valence-corrected chi connectivity index (χ3v) is 13.6. The van der Waals surface area contributed by atoms with Crippen LogP contribution in [0.5, 0.6) is 0 Å². The van der Waals surface area contributed by atoms with Gasteiger partial charge in [-0.15, -0.1) is 0 Å². The first-order valence-electron chi connectivity index (χ1n) is 22.6. The summed E-state index contributed by atoms with van der Waals surface area (Å²) >= 11 is 0. The van der Waals surface area contributed by atoms with Gasteiger partial charge in [0.05, 0.1) is 22.4 Å². The van der Waals surface area contributed by atoms with Crippen molar-refractivity contribution in [2.75, 3.05) is 4.90 Å². The van der Waals surface area contributed by atoms with Gasteiger partial charge in [0.25, 0.3) is 0 Å². The van der Waals surface area contributed by atoms with Crippen molar-refractivity contribution < 1.29 is 0 Å². The molecule has 0 bridgehead atoms. The van der Waals surface area contributed by atoms with E-state index < -0.39 is 0 Å². The molecule has 0 saturated heterocycles. The van der Waals surface area contributed by atoms with E-state index in [9.17, 15) is 0 Å². The molecule has 12 rings (SSSR count). The smallest absolute Gasteiger partial charge is 0.0546 e. The van der Waals surface area contributed by atoms with E-state index in [1.54, 1.807) is 0 Å². The van der Waals surface area contributed by atoms with Gasteiger partial charge in [0, 0.05) is 38.7 Å². The molecule has 0 aliphatic heterocycles. The summed E-state index contributed by atoms with van der Waals surface area (Å²) in [6.07, 6.45) is 0. The van der Waals surface area contributed by atoms with Crippen molar-refractivity contribution >= 4 is 38.9 Å². The zero-order valence-electron chi connectivity index (χ0n) is 36.5. The Hall–Kier alpha value is -8.20. The van der Waals surface area contributed by atoms with Crippen molar-refractivity contribution in [3.63, 3.8) is 0 Å². The molecule has 2 heteroatoms. The van der Waals surface area contributed by atoms with Crippen LogP contribution in [0.25, 0.3) is 83.1 Å². The highest BCUT2D eigenvalue weighted by Crippen LogP contribution is 2.56. The fourth-order valence-electron chi connectivity index (χ4n) is 10.6. The van der Waals surface area contributed by atoms with Gasteiger partial charge in [-0.3, -0.25) is 0 Å². The highest BCUT2D eigenvalue weighted by molar-refractivity contribution is 6.09. The number of benzene rings is 10. The zero-order chi connectivity index (χ0) is 43.5. The molecule has 10 aromatic carbocycles. The number of hydrogen-bond donors (Lipinski definition) is 0. The Morgan fingerprint density at radius 1 is 0.323 bits per heavy atom. The van der Waals surface area contributed by atoms with Gasteiger partial charge in [-0.25, -0.2) is 0 Å². The lowest BCUT2D eigenvalue weighted by Gasteiger charge is -2.32. The minimum atomic E-state index is -0.155. The minimum absolute atomic E-state index is 0.155. The summed E-state index contributed by atoms with van der Waals surface area (Å²) in [5, 5.41) is 2.54. The van der Waals surface area contributed by atoms with Gasteiger partial charge >= 0.3 is 0 Å². The molecule has 0 atom stereocenters. The summed E-state index contributed by atoms with van der Waals surface area (Å²) in [5.74, 6) is 0. The van der Waals surface area contributed by atoms with E-state index in [0.717, 1.165) is 22.7 Å². The van der Waals surface area contributed by atoms with Crippen molar-refractivity contribution in [2.24, 2.45) is 0 Å². The van der Waals surface area contributed by atoms with Crippen LogP contribution in [0, 0.1) is 0 Å². The predicted molar refractivity (Wildman–Crippen MR) is 275 cm³/mol. The van der Waals surface area contributed by atoms with E-state index >= 15 is 0 Å². The van der Waals surface area contributed by atoms with Gasteiger partial charge in [0.1, 0.15) is 0 Å². The highest BCUT2D eigenvalue weighted by Gasteiger charge is 2.38. The second kappa shape index (κ2) is 15.6. The van der Waals surface area contributed by atoms with Crippen molar-refractivity contribution in [1.29, 1.82) is 0 Å². The van der Waals surface area contributed by atoms with Crippen LogP contribution in [0.1, 0.15) is 25.0 Å². The van der Waals surface area contributed by atoms with Crippen molar-refractivity contribution in [3.05, 3.63) is 254 Å². The quantitative estimate of drug-likeness (QED) is 0.148. The number of nitrogens with zero attached hydrogens (tertiary/aromatic N) is 2. The number of anilines is 3. The molecule has 0 saturated carbocycles. The maximum absolute atomic E-state index is 2.52. The van der Waals surface area contributed by atoms with E-state index in [4.69, 9.17) is 0 Å². The molecule has 0 radical (unpaired) electrons. The molecule has 2 nitrogen and oxygen atoms in total. The van der Waals surface area contributed by atoms with Crippen LogP contribution in [0.3, 0.4) is 0 Å². The maximum Gasteiger partial charge on any atom is 0.0546 e.